The molecule has 2 aromatic rings. The number of carboxylic acid groups (broad SMARTS) is 1. The topological polar surface area (TPSA) is 40.5 Å². The van der Waals surface area contributed by atoms with Gasteiger partial charge in [0, 0.05) is 12.2 Å². The molecule has 0 unspecified atom stereocenters. The molecular weight excluding hydrogens is 281 g/mol. The standard InChI is InChI=1S/C15H11ClFNO2/c16-11-2-1-3-12(14(11)15(19)20)18-7-6-9-4-5-10(17)8-13(9)18/h1-5,8H,6-7H2,(H,19,20). The van der Waals surface area contributed by atoms with Crippen LogP contribution in [0, 0.1) is 5.82 Å². The highest BCUT2D eigenvalue weighted by atomic mass is 35.5. The number of halogens is 2. The summed E-state index contributed by atoms with van der Waals surface area (Å²) in [5, 5.41) is 9.50. The van der Waals surface area contributed by atoms with E-state index in [0.29, 0.717) is 17.9 Å². The van der Waals surface area contributed by atoms with Crippen LogP contribution in [-0.2, 0) is 6.42 Å². The van der Waals surface area contributed by atoms with Gasteiger partial charge < -0.3 is 10.0 Å². The van der Waals surface area contributed by atoms with Crippen molar-refractivity contribution < 1.29 is 14.3 Å². The monoisotopic (exact) mass is 291 g/mol. The van der Waals surface area contributed by atoms with E-state index in [9.17, 15) is 14.3 Å². The number of benzene rings is 2. The Kier molecular flexibility index (Phi) is 3.10. The second kappa shape index (κ2) is 4.80. The summed E-state index contributed by atoms with van der Waals surface area (Å²) in [4.78, 5) is 13.2. The maximum atomic E-state index is 13.4. The molecule has 0 aliphatic carbocycles. The lowest BCUT2D eigenvalue weighted by Gasteiger charge is -2.22. The predicted molar refractivity (Wildman–Crippen MR) is 75.5 cm³/mol. The first-order chi connectivity index (χ1) is 9.58. The summed E-state index contributed by atoms with van der Waals surface area (Å²) in [5.74, 6) is -1.43. The zero-order chi connectivity index (χ0) is 14.3. The Bertz CT molecular complexity index is 702. The van der Waals surface area contributed by atoms with Crippen molar-refractivity contribution >= 4 is 28.9 Å². The molecule has 0 saturated heterocycles. The molecule has 0 fully saturated rings. The first-order valence-electron chi connectivity index (χ1n) is 6.15. The molecule has 1 aliphatic rings. The fraction of sp³-hybridized carbons (Fsp3) is 0.133. The van der Waals surface area contributed by atoms with Crippen molar-refractivity contribution in [3.63, 3.8) is 0 Å². The third-order valence-corrected chi connectivity index (χ3v) is 3.75. The van der Waals surface area contributed by atoms with Gasteiger partial charge in [-0.15, -0.1) is 0 Å². The van der Waals surface area contributed by atoms with E-state index in [0.717, 1.165) is 12.0 Å². The van der Waals surface area contributed by atoms with Gasteiger partial charge in [0.2, 0.25) is 0 Å². The molecule has 1 N–H and O–H groups in total. The number of carbonyl (C=O) groups is 1. The van der Waals surface area contributed by atoms with Crippen LogP contribution in [0.25, 0.3) is 0 Å². The Hall–Kier alpha value is -2.07. The van der Waals surface area contributed by atoms with Crippen LogP contribution in [0.3, 0.4) is 0 Å². The van der Waals surface area contributed by atoms with Crippen molar-refractivity contribution in [3.05, 3.63) is 58.4 Å². The van der Waals surface area contributed by atoms with Gasteiger partial charge in [-0.3, -0.25) is 0 Å². The largest absolute Gasteiger partial charge is 0.478 e. The Morgan fingerprint density at radius 1 is 1.25 bits per heavy atom. The normalized spacial score (nSPS) is 13.4. The Labute approximate surface area is 120 Å². The summed E-state index contributed by atoms with van der Waals surface area (Å²) in [6, 6.07) is 9.50. The number of hydrogen-bond donors (Lipinski definition) is 1. The first kappa shape index (κ1) is 12.9. The number of aromatic carboxylic acids is 1. The Morgan fingerprint density at radius 2 is 2.05 bits per heavy atom. The van der Waals surface area contributed by atoms with E-state index >= 15 is 0 Å². The highest BCUT2D eigenvalue weighted by molar-refractivity contribution is 6.34. The van der Waals surface area contributed by atoms with Gasteiger partial charge in [0.05, 0.1) is 10.7 Å². The third kappa shape index (κ3) is 2.02. The molecule has 0 spiro atoms. The van der Waals surface area contributed by atoms with Crippen LogP contribution in [0.4, 0.5) is 15.8 Å². The highest BCUT2D eigenvalue weighted by Gasteiger charge is 2.26. The summed E-state index contributed by atoms with van der Waals surface area (Å²) in [6.07, 6.45) is 0.751. The van der Waals surface area contributed by atoms with Crippen molar-refractivity contribution in [2.45, 2.75) is 6.42 Å². The van der Waals surface area contributed by atoms with Crippen LogP contribution in [0.15, 0.2) is 36.4 Å². The van der Waals surface area contributed by atoms with E-state index in [1.165, 1.54) is 18.2 Å². The van der Waals surface area contributed by atoms with Crippen LogP contribution in [-0.4, -0.2) is 17.6 Å². The van der Waals surface area contributed by atoms with E-state index in [4.69, 9.17) is 11.6 Å². The van der Waals surface area contributed by atoms with Gasteiger partial charge >= 0.3 is 5.97 Å². The van der Waals surface area contributed by atoms with Crippen molar-refractivity contribution in [1.29, 1.82) is 0 Å². The number of hydrogen-bond acceptors (Lipinski definition) is 2. The second-order valence-corrected chi connectivity index (χ2v) is 5.02. The average Bonchev–Trinajstić information content (AvgIpc) is 2.80. The van der Waals surface area contributed by atoms with E-state index < -0.39 is 5.97 Å². The molecule has 1 aliphatic heterocycles. The third-order valence-electron chi connectivity index (χ3n) is 3.44. The lowest BCUT2D eigenvalue weighted by Crippen LogP contribution is -2.17. The lowest BCUT2D eigenvalue weighted by molar-refractivity contribution is 0.0698. The number of nitrogens with zero attached hydrogens (tertiary/aromatic N) is 1. The van der Waals surface area contributed by atoms with Gasteiger partial charge in [0.15, 0.2) is 0 Å². The molecule has 1 heterocycles. The van der Waals surface area contributed by atoms with Crippen molar-refractivity contribution in [3.8, 4) is 0 Å². The van der Waals surface area contributed by atoms with Crippen LogP contribution in [0.2, 0.25) is 5.02 Å². The van der Waals surface area contributed by atoms with E-state index in [1.807, 2.05) is 0 Å². The summed E-state index contributed by atoms with van der Waals surface area (Å²) < 4.78 is 13.4. The molecular formula is C15H11ClFNO2. The maximum Gasteiger partial charge on any atom is 0.339 e. The number of rotatable bonds is 2. The maximum absolute atomic E-state index is 13.4. The van der Waals surface area contributed by atoms with Gasteiger partial charge in [0.25, 0.3) is 0 Å². The minimum atomic E-state index is -1.09. The SMILES string of the molecule is O=C(O)c1c(Cl)cccc1N1CCc2ccc(F)cc21. The summed E-state index contributed by atoms with van der Waals surface area (Å²) in [7, 11) is 0. The van der Waals surface area contributed by atoms with Crippen LogP contribution in [0.1, 0.15) is 15.9 Å². The molecule has 5 heteroatoms. The van der Waals surface area contributed by atoms with Crippen molar-refractivity contribution in [2.75, 3.05) is 11.4 Å². The molecule has 3 nitrogen and oxygen atoms in total. The summed E-state index contributed by atoms with van der Waals surface area (Å²) >= 11 is 5.98. The zero-order valence-corrected chi connectivity index (χ0v) is 11.2. The Balaban J connectivity index is 2.16. The predicted octanol–water partition coefficient (Wildman–Crippen LogP) is 3.87. The van der Waals surface area contributed by atoms with Gasteiger partial charge in [-0.05, 0) is 36.2 Å². The number of fused-ring (bicyclic) bond motifs is 1. The van der Waals surface area contributed by atoms with Crippen LogP contribution >= 0.6 is 11.6 Å². The molecule has 3 rings (SSSR count). The smallest absolute Gasteiger partial charge is 0.339 e. The molecule has 0 bridgehead atoms. The van der Waals surface area contributed by atoms with E-state index in [-0.39, 0.29) is 16.4 Å². The fourth-order valence-corrected chi connectivity index (χ4v) is 2.80. The highest BCUT2D eigenvalue weighted by Crippen LogP contribution is 2.38. The minimum absolute atomic E-state index is 0.0475. The molecule has 102 valence electrons. The molecule has 20 heavy (non-hydrogen) atoms. The van der Waals surface area contributed by atoms with Gasteiger partial charge in [-0.2, -0.15) is 0 Å². The number of carboxylic acids is 1. The van der Waals surface area contributed by atoms with E-state index in [1.54, 1.807) is 23.1 Å². The van der Waals surface area contributed by atoms with Gasteiger partial charge in [-0.1, -0.05) is 23.7 Å². The molecule has 2 aromatic carbocycles. The molecule has 0 aromatic heterocycles. The second-order valence-electron chi connectivity index (χ2n) is 4.61. The lowest BCUT2D eigenvalue weighted by atomic mass is 10.1. The number of anilines is 2. The van der Waals surface area contributed by atoms with E-state index in [2.05, 4.69) is 0 Å². The minimum Gasteiger partial charge on any atom is -0.478 e. The fourth-order valence-electron chi connectivity index (χ4n) is 2.55. The summed E-state index contributed by atoms with van der Waals surface area (Å²) in [6.45, 7) is 0.611. The van der Waals surface area contributed by atoms with Crippen LogP contribution in [0.5, 0.6) is 0 Å². The first-order valence-corrected chi connectivity index (χ1v) is 6.53. The summed E-state index contributed by atoms with van der Waals surface area (Å²) in [5.41, 5.74) is 2.25. The van der Waals surface area contributed by atoms with Crippen LogP contribution < -0.4 is 4.90 Å². The average molecular weight is 292 g/mol. The van der Waals surface area contributed by atoms with Gasteiger partial charge in [0.1, 0.15) is 11.4 Å². The Morgan fingerprint density at radius 3 is 2.80 bits per heavy atom. The molecule has 0 amide bonds. The quantitative estimate of drug-likeness (QED) is 0.913. The molecule has 0 atom stereocenters. The van der Waals surface area contributed by atoms with Gasteiger partial charge in [-0.25, -0.2) is 9.18 Å². The molecule has 0 radical (unpaired) electrons. The van der Waals surface area contributed by atoms with Crippen molar-refractivity contribution in [2.24, 2.45) is 0 Å². The molecule has 0 saturated carbocycles. The zero-order valence-electron chi connectivity index (χ0n) is 10.4. The van der Waals surface area contributed by atoms with Crippen molar-refractivity contribution in [1.82, 2.24) is 0 Å².